The Kier molecular flexibility index (Phi) is 3.23. The molecule has 0 aliphatic carbocycles. The minimum absolute atomic E-state index is 0.153. The average molecular weight is 246 g/mol. The summed E-state index contributed by atoms with van der Waals surface area (Å²) in [6, 6.07) is 4.77. The third-order valence-electron chi connectivity index (χ3n) is 2.82. The van der Waals surface area contributed by atoms with Crippen LogP contribution in [-0.2, 0) is 0 Å². The van der Waals surface area contributed by atoms with Gasteiger partial charge in [0.05, 0.1) is 5.69 Å². The first kappa shape index (κ1) is 12.4. The lowest BCUT2D eigenvalue weighted by Crippen LogP contribution is -2.09. The van der Waals surface area contributed by atoms with Crippen molar-refractivity contribution >= 4 is 5.69 Å². The molecule has 0 aliphatic heterocycles. The van der Waals surface area contributed by atoms with E-state index < -0.39 is 5.82 Å². The van der Waals surface area contributed by atoms with E-state index >= 15 is 0 Å². The van der Waals surface area contributed by atoms with E-state index in [4.69, 9.17) is 5.73 Å². The lowest BCUT2D eigenvalue weighted by atomic mass is 9.98. The van der Waals surface area contributed by atoms with Crippen molar-refractivity contribution in [1.29, 1.82) is 0 Å². The molecule has 0 amide bonds. The summed E-state index contributed by atoms with van der Waals surface area (Å²) < 4.78 is 13.4. The summed E-state index contributed by atoms with van der Waals surface area (Å²) in [6.07, 6.45) is 0. The first-order valence-corrected chi connectivity index (χ1v) is 5.72. The highest BCUT2D eigenvalue weighted by Crippen LogP contribution is 2.27. The molecule has 94 valence electrons. The third kappa shape index (κ3) is 2.30. The van der Waals surface area contributed by atoms with Gasteiger partial charge in [0.1, 0.15) is 23.3 Å². The molecule has 2 rings (SSSR count). The van der Waals surface area contributed by atoms with Gasteiger partial charge in [-0.25, -0.2) is 19.3 Å². The Bertz CT molecular complexity index is 563. The van der Waals surface area contributed by atoms with E-state index in [0.717, 1.165) is 0 Å². The number of hydrogen-bond acceptors (Lipinski definition) is 4. The molecule has 18 heavy (non-hydrogen) atoms. The van der Waals surface area contributed by atoms with E-state index in [-0.39, 0.29) is 11.6 Å². The van der Waals surface area contributed by atoms with Crippen LogP contribution in [0.1, 0.15) is 35.9 Å². The molecule has 1 atom stereocenters. The van der Waals surface area contributed by atoms with Crippen molar-refractivity contribution in [2.24, 2.45) is 0 Å². The van der Waals surface area contributed by atoms with Crippen LogP contribution in [0, 0.1) is 19.7 Å². The van der Waals surface area contributed by atoms with Crippen molar-refractivity contribution < 1.29 is 4.39 Å². The van der Waals surface area contributed by atoms with E-state index in [0.29, 0.717) is 23.0 Å². The monoisotopic (exact) mass is 246 g/mol. The summed E-state index contributed by atoms with van der Waals surface area (Å²) in [5, 5.41) is 0. The number of anilines is 1. The number of aryl methyl sites for hydroxylation is 2. The predicted octanol–water partition coefficient (Wildman–Crippen LogP) is 2.36. The predicted molar refractivity (Wildman–Crippen MR) is 67.6 cm³/mol. The van der Waals surface area contributed by atoms with Crippen LogP contribution in [-0.4, -0.2) is 15.0 Å². The molecule has 0 aliphatic rings. The molecule has 4 nitrogen and oxygen atoms in total. The summed E-state index contributed by atoms with van der Waals surface area (Å²) in [6.45, 7) is 5.51. The molecule has 0 saturated carbocycles. The van der Waals surface area contributed by atoms with Gasteiger partial charge in [-0.15, -0.1) is 0 Å². The van der Waals surface area contributed by atoms with E-state index in [1.807, 2.05) is 6.92 Å². The SMILES string of the molecule is Cc1nc(C)nc(C(C)c2cccc(F)c2N)n1. The van der Waals surface area contributed by atoms with Gasteiger partial charge >= 0.3 is 0 Å². The maximum atomic E-state index is 13.4. The summed E-state index contributed by atoms with van der Waals surface area (Å²) in [5.74, 6) is 1.33. The van der Waals surface area contributed by atoms with Crippen molar-refractivity contribution in [1.82, 2.24) is 15.0 Å². The zero-order valence-electron chi connectivity index (χ0n) is 10.6. The van der Waals surface area contributed by atoms with Gasteiger partial charge in [0.15, 0.2) is 0 Å². The molecule has 1 heterocycles. The lowest BCUT2D eigenvalue weighted by Gasteiger charge is -2.14. The highest BCUT2D eigenvalue weighted by atomic mass is 19.1. The van der Waals surface area contributed by atoms with Crippen LogP contribution in [0.3, 0.4) is 0 Å². The van der Waals surface area contributed by atoms with Crippen LogP contribution in [0.2, 0.25) is 0 Å². The number of nitrogens with two attached hydrogens (primary N) is 1. The quantitative estimate of drug-likeness (QED) is 0.826. The summed E-state index contributed by atoms with van der Waals surface area (Å²) >= 11 is 0. The second kappa shape index (κ2) is 4.68. The topological polar surface area (TPSA) is 64.7 Å². The van der Waals surface area contributed by atoms with E-state index in [1.165, 1.54) is 6.07 Å². The number of para-hydroxylation sites is 1. The molecule has 0 bridgehead atoms. The molecule has 0 saturated heterocycles. The number of nitrogens with zero attached hydrogens (tertiary/aromatic N) is 3. The Morgan fingerprint density at radius 1 is 1.11 bits per heavy atom. The highest BCUT2D eigenvalue weighted by Gasteiger charge is 2.17. The molecule has 5 heteroatoms. The van der Waals surface area contributed by atoms with Crippen LogP contribution >= 0.6 is 0 Å². The van der Waals surface area contributed by atoms with Gasteiger partial charge in [0, 0.05) is 5.92 Å². The molecule has 2 aromatic rings. The Morgan fingerprint density at radius 2 is 1.72 bits per heavy atom. The smallest absolute Gasteiger partial charge is 0.146 e. The second-order valence-electron chi connectivity index (χ2n) is 4.25. The van der Waals surface area contributed by atoms with E-state index in [2.05, 4.69) is 15.0 Å². The molecular formula is C13H15FN4. The van der Waals surface area contributed by atoms with Crippen LogP contribution in [0.15, 0.2) is 18.2 Å². The van der Waals surface area contributed by atoms with Crippen molar-refractivity contribution in [3.63, 3.8) is 0 Å². The molecule has 1 unspecified atom stereocenters. The Labute approximate surface area is 105 Å². The van der Waals surface area contributed by atoms with Gasteiger partial charge in [0.2, 0.25) is 0 Å². The summed E-state index contributed by atoms with van der Waals surface area (Å²) in [5.41, 5.74) is 6.60. The van der Waals surface area contributed by atoms with Crippen LogP contribution < -0.4 is 5.73 Å². The minimum Gasteiger partial charge on any atom is -0.396 e. The van der Waals surface area contributed by atoms with Gasteiger partial charge in [-0.3, -0.25) is 0 Å². The fourth-order valence-electron chi connectivity index (χ4n) is 1.90. The van der Waals surface area contributed by atoms with E-state index in [1.54, 1.807) is 26.0 Å². The number of aromatic nitrogens is 3. The fourth-order valence-corrected chi connectivity index (χ4v) is 1.90. The first-order valence-electron chi connectivity index (χ1n) is 5.72. The third-order valence-corrected chi connectivity index (χ3v) is 2.82. The maximum absolute atomic E-state index is 13.4. The fraction of sp³-hybridized carbons (Fsp3) is 0.308. The number of halogens is 1. The van der Waals surface area contributed by atoms with Crippen molar-refractivity contribution in [3.8, 4) is 0 Å². The van der Waals surface area contributed by atoms with Crippen molar-refractivity contribution in [2.75, 3.05) is 5.73 Å². The van der Waals surface area contributed by atoms with Crippen LogP contribution in [0.25, 0.3) is 0 Å². The first-order chi connectivity index (χ1) is 8.49. The van der Waals surface area contributed by atoms with Crippen molar-refractivity contribution in [2.45, 2.75) is 26.7 Å². The van der Waals surface area contributed by atoms with Gasteiger partial charge in [-0.2, -0.15) is 0 Å². The van der Waals surface area contributed by atoms with Crippen LogP contribution in [0.5, 0.6) is 0 Å². The zero-order chi connectivity index (χ0) is 13.3. The van der Waals surface area contributed by atoms with E-state index in [9.17, 15) is 4.39 Å². The molecule has 0 radical (unpaired) electrons. The van der Waals surface area contributed by atoms with Gasteiger partial charge in [-0.1, -0.05) is 19.1 Å². The number of nitrogen functional groups attached to an aromatic ring is 1. The molecular weight excluding hydrogens is 231 g/mol. The number of hydrogen-bond donors (Lipinski definition) is 1. The highest BCUT2D eigenvalue weighted by molar-refractivity contribution is 5.51. The van der Waals surface area contributed by atoms with Crippen molar-refractivity contribution in [3.05, 3.63) is 47.1 Å². The zero-order valence-corrected chi connectivity index (χ0v) is 10.6. The number of rotatable bonds is 2. The molecule has 1 aromatic carbocycles. The standard InChI is InChI=1S/C13H15FN4/c1-7(10-5-4-6-11(14)12(10)15)13-17-8(2)16-9(3)18-13/h4-7H,15H2,1-3H3. The number of benzene rings is 1. The second-order valence-corrected chi connectivity index (χ2v) is 4.25. The molecule has 1 aromatic heterocycles. The summed E-state index contributed by atoms with van der Waals surface area (Å²) in [7, 11) is 0. The molecule has 0 spiro atoms. The van der Waals surface area contributed by atoms with Gasteiger partial charge in [-0.05, 0) is 25.5 Å². The lowest BCUT2D eigenvalue weighted by molar-refractivity contribution is 0.628. The Hall–Kier alpha value is -2.04. The maximum Gasteiger partial charge on any atom is 0.146 e. The largest absolute Gasteiger partial charge is 0.396 e. The Balaban J connectivity index is 2.47. The van der Waals surface area contributed by atoms with Gasteiger partial charge in [0.25, 0.3) is 0 Å². The average Bonchev–Trinajstić information content (AvgIpc) is 2.30. The van der Waals surface area contributed by atoms with Crippen LogP contribution in [0.4, 0.5) is 10.1 Å². The molecule has 0 fully saturated rings. The summed E-state index contributed by atoms with van der Waals surface area (Å²) in [4.78, 5) is 12.7. The minimum atomic E-state index is -0.415. The normalized spacial score (nSPS) is 12.4. The Morgan fingerprint density at radius 3 is 2.33 bits per heavy atom. The van der Waals surface area contributed by atoms with Gasteiger partial charge < -0.3 is 5.73 Å². The molecule has 2 N–H and O–H groups in total.